The van der Waals surface area contributed by atoms with E-state index in [1.54, 1.807) is 27.7 Å². The summed E-state index contributed by atoms with van der Waals surface area (Å²) in [7, 11) is -8.29. The second-order valence-corrected chi connectivity index (χ2v) is 10.3. The Balaban J connectivity index is 2.66. The van der Waals surface area contributed by atoms with Gasteiger partial charge in [-0.1, -0.05) is 18.5 Å². The number of benzene rings is 1. The molecule has 150 valence electrons. The fourth-order valence-electron chi connectivity index (χ4n) is 2.36. The minimum Gasteiger partial charge on any atom is -0.321 e. The first-order chi connectivity index (χ1) is 12.4. The lowest BCUT2D eigenvalue weighted by Crippen LogP contribution is -2.31. The Kier molecular flexibility index (Phi) is 6.56. The van der Waals surface area contributed by atoms with Crippen LogP contribution >= 0.6 is 19.2 Å². The molecule has 0 fully saturated rings. The molecule has 0 aliphatic heterocycles. The molecule has 2 aromatic rings. The highest BCUT2D eigenvalue weighted by Crippen LogP contribution is 2.42. The lowest BCUT2D eigenvalue weighted by atomic mass is 10.2. The monoisotopic (exact) mass is 436 g/mol. The van der Waals surface area contributed by atoms with E-state index in [9.17, 15) is 22.7 Å². The largest absolute Gasteiger partial charge is 0.364 e. The normalized spacial score (nSPS) is 15.8. The van der Waals surface area contributed by atoms with E-state index in [4.69, 9.17) is 16.1 Å². The molecule has 27 heavy (non-hydrogen) atoms. The Hall–Kier alpha value is -1.22. The minimum absolute atomic E-state index is 0.0814. The highest BCUT2D eigenvalue weighted by Gasteiger charge is 2.29. The Morgan fingerprint density at radius 2 is 1.93 bits per heavy atom. The van der Waals surface area contributed by atoms with Gasteiger partial charge in [0.1, 0.15) is 10.2 Å². The van der Waals surface area contributed by atoms with Crippen LogP contribution in [0.5, 0.6) is 0 Å². The van der Waals surface area contributed by atoms with E-state index in [1.165, 1.54) is 12.1 Å². The van der Waals surface area contributed by atoms with E-state index < -0.39 is 34.6 Å². The van der Waals surface area contributed by atoms with E-state index in [0.29, 0.717) is 6.42 Å². The van der Waals surface area contributed by atoms with Crippen molar-refractivity contribution in [1.29, 1.82) is 0 Å². The van der Waals surface area contributed by atoms with Gasteiger partial charge in [-0.25, -0.2) is 13.1 Å². The van der Waals surface area contributed by atoms with E-state index in [2.05, 4.69) is 9.71 Å². The number of pyridine rings is 1. The van der Waals surface area contributed by atoms with Crippen LogP contribution in [-0.2, 0) is 19.1 Å². The molecule has 2 atom stereocenters. The van der Waals surface area contributed by atoms with Crippen molar-refractivity contribution in [3.8, 4) is 0 Å². The summed E-state index contributed by atoms with van der Waals surface area (Å²) in [5.41, 5.74) is -0.565. The van der Waals surface area contributed by atoms with Crippen LogP contribution in [0.15, 0.2) is 27.9 Å². The van der Waals surface area contributed by atoms with Crippen molar-refractivity contribution < 1.29 is 22.4 Å². The number of hydrogen-bond donors (Lipinski definition) is 3. The van der Waals surface area contributed by atoms with Crippen LogP contribution in [0.2, 0.25) is 5.02 Å². The predicted octanol–water partition coefficient (Wildman–Crippen LogP) is 2.49. The highest BCUT2D eigenvalue weighted by atomic mass is 35.5. The quantitative estimate of drug-likeness (QED) is 0.572. The van der Waals surface area contributed by atoms with Crippen molar-refractivity contribution in [3.05, 3.63) is 33.6 Å². The summed E-state index contributed by atoms with van der Waals surface area (Å²) in [4.78, 5) is 24.7. The lowest BCUT2D eigenvalue weighted by Gasteiger charge is -2.17. The topological polar surface area (TPSA) is 126 Å². The van der Waals surface area contributed by atoms with Crippen molar-refractivity contribution in [2.75, 3.05) is 0 Å². The van der Waals surface area contributed by atoms with Gasteiger partial charge in [0.25, 0.3) is 5.56 Å². The summed E-state index contributed by atoms with van der Waals surface area (Å²) >= 11 is 6.07. The van der Waals surface area contributed by atoms with Crippen LogP contribution in [0.3, 0.4) is 0 Å². The molecule has 0 spiro atoms. The summed E-state index contributed by atoms with van der Waals surface area (Å²) in [6, 6.07) is 3.33. The van der Waals surface area contributed by atoms with Gasteiger partial charge in [0.15, 0.2) is 0 Å². The number of hydrogen-bond acceptors (Lipinski definition) is 5. The summed E-state index contributed by atoms with van der Waals surface area (Å²) in [6.07, 6.45) is -0.0538. The van der Waals surface area contributed by atoms with Crippen LogP contribution in [0.25, 0.3) is 10.9 Å². The molecule has 0 bridgehead atoms. The molecule has 1 aromatic carbocycles. The SMILES string of the molecule is CCC(C)OP(=O)(O)c1cc2cc(S(=O)(=O)NC(C)C)c(Cl)cc2[nH]c1=O. The summed E-state index contributed by atoms with van der Waals surface area (Å²) in [5, 5.41) is -0.306. The number of aromatic amines is 1. The van der Waals surface area contributed by atoms with Gasteiger partial charge < -0.3 is 14.4 Å². The fourth-order valence-corrected chi connectivity index (χ4v) is 5.54. The summed E-state index contributed by atoms with van der Waals surface area (Å²) in [6.45, 7) is 6.71. The third-order valence-corrected chi connectivity index (χ3v) is 7.47. The smallest absolute Gasteiger partial charge is 0.321 e. The number of fused-ring (bicyclic) bond motifs is 1. The van der Waals surface area contributed by atoms with Crippen LogP contribution in [0, 0.1) is 0 Å². The molecule has 0 aliphatic carbocycles. The number of nitrogens with one attached hydrogen (secondary N) is 2. The number of sulfonamides is 1. The van der Waals surface area contributed by atoms with Gasteiger partial charge in [-0.05, 0) is 45.4 Å². The zero-order valence-electron chi connectivity index (χ0n) is 15.3. The summed E-state index contributed by atoms with van der Waals surface area (Å²) in [5.74, 6) is 0. The standard InChI is InChI=1S/C16H22ClN2O6PS/c1-5-10(4)25-26(21,22)14-6-11-7-15(27(23,24)19-9(2)3)12(17)8-13(11)18-16(14)20/h6-10,19H,5H2,1-4H3,(H,18,20)(H,21,22). The second kappa shape index (κ2) is 8.03. The Bertz CT molecular complexity index is 1070. The van der Waals surface area contributed by atoms with Gasteiger partial charge in [0, 0.05) is 16.9 Å². The first kappa shape index (κ1) is 22.1. The van der Waals surface area contributed by atoms with Crippen molar-refractivity contribution >= 4 is 45.4 Å². The molecule has 8 nitrogen and oxygen atoms in total. The zero-order valence-corrected chi connectivity index (χ0v) is 17.8. The van der Waals surface area contributed by atoms with Gasteiger partial charge in [-0.15, -0.1) is 0 Å². The predicted molar refractivity (Wildman–Crippen MR) is 105 cm³/mol. The van der Waals surface area contributed by atoms with Crippen molar-refractivity contribution in [3.63, 3.8) is 0 Å². The first-order valence-corrected chi connectivity index (χ1v) is 11.7. The number of rotatable bonds is 7. The maximum atomic E-state index is 12.5. The number of H-pyrrole nitrogens is 1. The lowest BCUT2D eigenvalue weighted by molar-refractivity contribution is 0.192. The van der Waals surface area contributed by atoms with E-state index in [1.807, 2.05) is 0 Å². The maximum Gasteiger partial charge on any atom is 0.364 e. The van der Waals surface area contributed by atoms with Crippen LogP contribution in [0.1, 0.15) is 34.1 Å². The average Bonchev–Trinajstić information content (AvgIpc) is 2.51. The van der Waals surface area contributed by atoms with Crippen LogP contribution in [-0.4, -0.2) is 30.4 Å². The van der Waals surface area contributed by atoms with Crippen molar-refractivity contribution in [1.82, 2.24) is 9.71 Å². The molecule has 0 radical (unpaired) electrons. The van der Waals surface area contributed by atoms with Gasteiger partial charge in [0.2, 0.25) is 10.0 Å². The van der Waals surface area contributed by atoms with Crippen molar-refractivity contribution in [2.24, 2.45) is 0 Å². The molecule has 0 amide bonds. The Labute approximate surface area is 162 Å². The fraction of sp³-hybridized carbons (Fsp3) is 0.438. The molecular formula is C16H22ClN2O6PS. The minimum atomic E-state index is -4.39. The molecule has 1 heterocycles. The number of halogens is 1. The molecule has 0 saturated carbocycles. The van der Waals surface area contributed by atoms with E-state index in [-0.39, 0.29) is 26.9 Å². The van der Waals surface area contributed by atoms with Crippen molar-refractivity contribution in [2.45, 2.75) is 51.2 Å². The molecule has 11 heteroatoms. The molecule has 2 unspecified atom stereocenters. The van der Waals surface area contributed by atoms with Gasteiger partial charge >= 0.3 is 7.60 Å². The van der Waals surface area contributed by atoms with Crippen LogP contribution < -0.4 is 15.6 Å². The maximum absolute atomic E-state index is 12.5. The zero-order chi connectivity index (χ0) is 20.6. The van der Waals surface area contributed by atoms with Gasteiger partial charge in [-0.3, -0.25) is 9.36 Å². The highest BCUT2D eigenvalue weighted by molar-refractivity contribution is 7.89. The molecule has 2 rings (SSSR count). The van der Waals surface area contributed by atoms with Gasteiger partial charge in [-0.2, -0.15) is 0 Å². The third kappa shape index (κ3) is 4.99. The Morgan fingerprint density at radius 1 is 1.30 bits per heavy atom. The van der Waals surface area contributed by atoms with Gasteiger partial charge in [0.05, 0.1) is 11.1 Å². The molecule has 3 N–H and O–H groups in total. The third-order valence-electron chi connectivity index (χ3n) is 3.76. The van der Waals surface area contributed by atoms with Crippen LogP contribution in [0.4, 0.5) is 0 Å². The molecule has 0 aliphatic rings. The van der Waals surface area contributed by atoms with E-state index in [0.717, 1.165) is 6.07 Å². The molecule has 1 aromatic heterocycles. The number of aromatic nitrogens is 1. The Morgan fingerprint density at radius 3 is 2.48 bits per heavy atom. The average molecular weight is 437 g/mol. The second-order valence-electron chi connectivity index (χ2n) is 6.47. The molecule has 0 saturated heterocycles. The first-order valence-electron chi connectivity index (χ1n) is 8.28. The summed E-state index contributed by atoms with van der Waals surface area (Å²) < 4.78 is 44.9. The molecular weight excluding hydrogens is 415 g/mol. The van der Waals surface area contributed by atoms with E-state index >= 15 is 0 Å².